The van der Waals surface area contributed by atoms with Crippen LogP contribution in [0.2, 0.25) is 0 Å². The van der Waals surface area contributed by atoms with E-state index in [0.717, 1.165) is 53.5 Å². The van der Waals surface area contributed by atoms with Crippen LogP contribution in [0.1, 0.15) is 25.0 Å². The minimum absolute atomic E-state index is 0.338. The quantitative estimate of drug-likeness (QED) is 0.404. The van der Waals surface area contributed by atoms with Crippen LogP contribution in [-0.4, -0.2) is 56.3 Å². The molecule has 186 valence electrons. The lowest BCUT2D eigenvalue weighted by Gasteiger charge is -2.11. The molecule has 3 rings (SSSR count). The molecule has 0 radical (unpaired) electrons. The zero-order valence-corrected chi connectivity index (χ0v) is 21.8. The van der Waals surface area contributed by atoms with Gasteiger partial charge in [0.25, 0.3) is 0 Å². The van der Waals surface area contributed by atoms with Crippen LogP contribution in [0.25, 0.3) is 16.8 Å². The van der Waals surface area contributed by atoms with Crippen molar-refractivity contribution < 1.29 is 9.47 Å². The first-order valence-corrected chi connectivity index (χ1v) is 11.4. The molecule has 0 bridgehead atoms. The van der Waals surface area contributed by atoms with Gasteiger partial charge in [-0.3, -0.25) is 0 Å². The fourth-order valence-corrected chi connectivity index (χ4v) is 2.83. The van der Waals surface area contributed by atoms with Crippen LogP contribution in [-0.2, 0) is 6.42 Å². The van der Waals surface area contributed by atoms with Gasteiger partial charge < -0.3 is 19.7 Å². The smallest absolute Gasteiger partial charge is 0.318 e. The highest BCUT2D eigenvalue weighted by atomic mass is 16.5. The number of nitrogens with zero attached hydrogens (tertiary/aromatic N) is 3. The van der Waals surface area contributed by atoms with Gasteiger partial charge in [-0.2, -0.15) is 9.97 Å². The van der Waals surface area contributed by atoms with Gasteiger partial charge in [0, 0.05) is 18.2 Å². The Balaban J connectivity index is 0.000000779. The second kappa shape index (κ2) is 15.9. The van der Waals surface area contributed by atoms with Crippen molar-refractivity contribution in [2.75, 3.05) is 46.7 Å². The first-order chi connectivity index (χ1) is 16.9. The summed E-state index contributed by atoms with van der Waals surface area (Å²) in [6.45, 7) is 10.0. The van der Waals surface area contributed by atoms with E-state index in [2.05, 4.69) is 78.8 Å². The first kappa shape index (κ1) is 29.2. The van der Waals surface area contributed by atoms with E-state index in [1.165, 1.54) is 5.56 Å². The Morgan fingerprint density at radius 1 is 1.00 bits per heavy atom. The Hall–Kier alpha value is -3.82. The van der Waals surface area contributed by atoms with Crippen molar-refractivity contribution in [2.24, 2.45) is 0 Å². The van der Waals surface area contributed by atoms with Crippen molar-refractivity contribution >= 4 is 11.4 Å². The maximum atomic E-state index is 5.29. The highest BCUT2D eigenvalue weighted by Gasteiger charge is 2.08. The second-order valence-electron chi connectivity index (χ2n) is 7.91. The van der Waals surface area contributed by atoms with Crippen molar-refractivity contribution in [3.8, 4) is 35.9 Å². The number of anilines is 1. The molecule has 6 nitrogen and oxygen atoms in total. The Bertz CT molecular complexity index is 1060. The molecule has 0 amide bonds. The molecule has 0 saturated heterocycles. The molecule has 3 aromatic rings. The number of aromatic nitrogens is 2. The highest BCUT2D eigenvalue weighted by molar-refractivity contribution is 5.70. The van der Waals surface area contributed by atoms with Crippen LogP contribution >= 0.6 is 0 Å². The molecule has 0 aliphatic carbocycles. The number of hydrogen-bond donors (Lipinski definition) is 1. The van der Waals surface area contributed by atoms with Crippen molar-refractivity contribution in [2.45, 2.75) is 20.3 Å². The topological polar surface area (TPSA) is 59.5 Å². The predicted octanol–water partition coefficient (Wildman–Crippen LogP) is 5.67. The minimum Gasteiger partial charge on any atom is -0.497 e. The first-order valence-electron chi connectivity index (χ1n) is 11.4. The van der Waals surface area contributed by atoms with Crippen LogP contribution in [0.15, 0.2) is 61.2 Å². The van der Waals surface area contributed by atoms with Gasteiger partial charge in [-0.1, -0.05) is 49.4 Å². The van der Waals surface area contributed by atoms with Crippen molar-refractivity contribution in [3.05, 3.63) is 72.3 Å². The summed E-state index contributed by atoms with van der Waals surface area (Å²) in [5.41, 5.74) is 5.13. The van der Waals surface area contributed by atoms with Gasteiger partial charge >= 0.3 is 6.01 Å². The number of ether oxygens (including phenoxy) is 2. The van der Waals surface area contributed by atoms with Gasteiger partial charge in [0.05, 0.1) is 19.9 Å². The summed E-state index contributed by atoms with van der Waals surface area (Å²) in [6, 6.07) is 18.5. The van der Waals surface area contributed by atoms with Crippen molar-refractivity contribution in [1.29, 1.82) is 0 Å². The molecular formula is C29H38N4O2. The zero-order chi connectivity index (χ0) is 26.2. The summed E-state index contributed by atoms with van der Waals surface area (Å²) in [6.07, 6.45) is 8.87. The summed E-state index contributed by atoms with van der Waals surface area (Å²) in [4.78, 5) is 11.0. The van der Waals surface area contributed by atoms with Gasteiger partial charge in [0.2, 0.25) is 0 Å². The molecule has 0 fully saturated rings. The molecular weight excluding hydrogens is 436 g/mol. The molecule has 1 aromatic heterocycles. The lowest BCUT2D eigenvalue weighted by atomic mass is 10.0. The van der Waals surface area contributed by atoms with Crippen LogP contribution in [0, 0.1) is 12.8 Å². The third-order valence-electron chi connectivity index (χ3n) is 5.05. The molecule has 6 heteroatoms. The average molecular weight is 475 g/mol. The largest absolute Gasteiger partial charge is 0.497 e. The fraction of sp³-hybridized carbons (Fsp3) is 0.310. The summed E-state index contributed by atoms with van der Waals surface area (Å²) < 4.78 is 10.5. The zero-order valence-electron chi connectivity index (χ0n) is 21.8. The molecule has 0 aliphatic heterocycles. The molecule has 2 aromatic carbocycles. The number of methoxy groups -OCH3 is 2. The van der Waals surface area contributed by atoms with E-state index in [1.54, 1.807) is 14.2 Å². The van der Waals surface area contributed by atoms with Crippen LogP contribution in [0.3, 0.4) is 0 Å². The normalized spacial score (nSPS) is 9.74. The van der Waals surface area contributed by atoms with Crippen molar-refractivity contribution in [3.63, 3.8) is 0 Å². The molecule has 0 unspecified atom stereocenters. The number of hydrogen-bond acceptors (Lipinski definition) is 6. The number of rotatable bonds is 9. The summed E-state index contributed by atoms with van der Waals surface area (Å²) in [7, 11) is 7.35. The number of terminal acetylenes is 1. The summed E-state index contributed by atoms with van der Waals surface area (Å²) in [5.74, 6) is 1.59. The highest BCUT2D eigenvalue weighted by Crippen LogP contribution is 2.25. The molecule has 0 saturated carbocycles. The third kappa shape index (κ3) is 10.3. The molecule has 1 heterocycles. The lowest BCUT2D eigenvalue weighted by Crippen LogP contribution is -2.08. The number of nitrogens with one attached hydrogen (secondary N) is 1. The van der Waals surface area contributed by atoms with Crippen LogP contribution in [0.4, 0.5) is 5.82 Å². The van der Waals surface area contributed by atoms with E-state index in [4.69, 9.17) is 9.47 Å². The van der Waals surface area contributed by atoms with Gasteiger partial charge in [-0.05, 0) is 63.3 Å². The molecule has 35 heavy (non-hydrogen) atoms. The van der Waals surface area contributed by atoms with Crippen LogP contribution < -0.4 is 14.8 Å². The molecule has 1 N–H and O–H groups in total. The van der Waals surface area contributed by atoms with E-state index < -0.39 is 0 Å². The van der Waals surface area contributed by atoms with Gasteiger partial charge in [-0.15, -0.1) is 12.8 Å². The molecule has 0 spiro atoms. The van der Waals surface area contributed by atoms with Crippen molar-refractivity contribution in [1.82, 2.24) is 14.9 Å². The third-order valence-corrected chi connectivity index (χ3v) is 5.05. The number of allylic oxidation sites excluding steroid dienone is 1. The van der Waals surface area contributed by atoms with Crippen LogP contribution in [0.5, 0.6) is 11.8 Å². The fourth-order valence-electron chi connectivity index (χ4n) is 2.83. The summed E-state index contributed by atoms with van der Waals surface area (Å²) in [5, 5.41) is 3.36. The van der Waals surface area contributed by atoms with E-state index in [1.807, 2.05) is 43.3 Å². The Morgan fingerprint density at radius 2 is 1.66 bits per heavy atom. The Kier molecular flexibility index (Phi) is 13.3. The standard InChI is InChI=1S/C23H25N3O2.C4H11N.C2H2/c1-16(2)18-6-5-7-19(14-18)21-15-22(26-23(25-21)28-4)24-13-12-17-8-10-20(27-3)11-9-17;1-4-5(2)3;1-2/h5-11,14-15H,1,12-13H2,2-4H3,(H,24,25,26);4H2,1-3H3;1-2H. The van der Waals surface area contributed by atoms with Gasteiger partial charge in [-0.25, -0.2) is 0 Å². The van der Waals surface area contributed by atoms with E-state index in [9.17, 15) is 0 Å². The Morgan fingerprint density at radius 3 is 2.20 bits per heavy atom. The van der Waals surface area contributed by atoms with Gasteiger partial charge in [0.15, 0.2) is 0 Å². The lowest BCUT2D eigenvalue weighted by molar-refractivity contribution is 0.381. The second-order valence-corrected chi connectivity index (χ2v) is 7.91. The Labute approximate surface area is 211 Å². The van der Waals surface area contributed by atoms with E-state index >= 15 is 0 Å². The summed E-state index contributed by atoms with van der Waals surface area (Å²) >= 11 is 0. The molecule has 0 aliphatic rings. The average Bonchev–Trinajstić information content (AvgIpc) is 2.90. The maximum Gasteiger partial charge on any atom is 0.318 e. The SMILES string of the molecule is C#C.C=C(C)c1cccc(-c2cc(NCCc3ccc(OC)cc3)nc(OC)n2)c1.CCN(C)C. The van der Waals surface area contributed by atoms with E-state index in [0.29, 0.717) is 6.01 Å². The monoisotopic (exact) mass is 474 g/mol. The van der Waals surface area contributed by atoms with E-state index in [-0.39, 0.29) is 0 Å². The van der Waals surface area contributed by atoms with Gasteiger partial charge in [0.1, 0.15) is 11.6 Å². The minimum atomic E-state index is 0.338. The maximum absolute atomic E-state index is 5.29. The number of benzene rings is 2. The molecule has 0 atom stereocenters. The predicted molar refractivity (Wildman–Crippen MR) is 148 cm³/mol.